The minimum atomic E-state index is -0.413. The summed E-state index contributed by atoms with van der Waals surface area (Å²) in [7, 11) is 0. The largest absolute Gasteiger partial charge is 0.361 e. The Morgan fingerprint density at radius 3 is 2.85 bits per heavy atom. The van der Waals surface area contributed by atoms with Crippen LogP contribution < -0.4 is 5.32 Å². The topological polar surface area (TPSA) is 55.1 Å². The lowest BCUT2D eigenvalue weighted by molar-refractivity contribution is -0.123. The minimum Gasteiger partial charge on any atom is -0.361 e. The zero-order valence-electron chi connectivity index (χ0n) is 11.1. The molecular formula is C15H15ClN2O2. The molecule has 3 rings (SSSR count). The van der Waals surface area contributed by atoms with Crippen LogP contribution in [0.5, 0.6) is 0 Å². The Morgan fingerprint density at radius 1 is 1.45 bits per heavy atom. The van der Waals surface area contributed by atoms with Crippen LogP contribution in [0.25, 0.3) is 0 Å². The zero-order chi connectivity index (χ0) is 14.2. The molecular weight excluding hydrogens is 276 g/mol. The number of hydrogen-bond donors (Lipinski definition) is 1. The highest BCUT2D eigenvalue weighted by Gasteiger charge is 2.51. The molecule has 4 nitrogen and oxygen atoms in total. The number of benzene rings is 1. The fourth-order valence-electron chi connectivity index (χ4n) is 2.40. The number of hydrogen-bond acceptors (Lipinski definition) is 3. The van der Waals surface area contributed by atoms with Crippen molar-refractivity contribution in [2.75, 3.05) is 0 Å². The summed E-state index contributed by atoms with van der Waals surface area (Å²) in [5.41, 5.74) is 1.31. The average molecular weight is 291 g/mol. The zero-order valence-corrected chi connectivity index (χ0v) is 11.9. The molecule has 1 N–H and O–H groups in total. The number of carbonyl (C=O) groups is 1. The van der Waals surface area contributed by atoms with Crippen LogP contribution >= 0.6 is 11.6 Å². The predicted molar refractivity (Wildman–Crippen MR) is 75.5 cm³/mol. The SMILES string of the molecule is Cc1cc(CNC(=O)C2(c3cccc(Cl)c3)CC2)no1. The van der Waals surface area contributed by atoms with Crippen molar-refractivity contribution in [3.05, 3.63) is 52.4 Å². The van der Waals surface area contributed by atoms with Gasteiger partial charge in [0.15, 0.2) is 0 Å². The molecule has 1 aromatic heterocycles. The number of aryl methyl sites for hydroxylation is 1. The maximum atomic E-state index is 12.4. The average Bonchev–Trinajstić information content (AvgIpc) is 3.14. The van der Waals surface area contributed by atoms with Crippen LogP contribution in [0.2, 0.25) is 5.02 Å². The van der Waals surface area contributed by atoms with E-state index in [2.05, 4.69) is 10.5 Å². The Labute approximate surface area is 122 Å². The normalized spacial score (nSPS) is 15.9. The number of rotatable bonds is 4. The van der Waals surface area contributed by atoms with Gasteiger partial charge in [-0.3, -0.25) is 4.79 Å². The fraction of sp³-hybridized carbons (Fsp3) is 0.333. The summed E-state index contributed by atoms with van der Waals surface area (Å²) in [6, 6.07) is 9.34. The van der Waals surface area contributed by atoms with Gasteiger partial charge in [-0.05, 0) is 37.5 Å². The van der Waals surface area contributed by atoms with Crippen LogP contribution in [0, 0.1) is 6.92 Å². The lowest BCUT2D eigenvalue weighted by Crippen LogP contribution is -2.34. The Hall–Kier alpha value is -1.81. The fourth-order valence-corrected chi connectivity index (χ4v) is 2.59. The smallest absolute Gasteiger partial charge is 0.230 e. The van der Waals surface area contributed by atoms with E-state index in [0.717, 1.165) is 29.9 Å². The highest BCUT2D eigenvalue weighted by atomic mass is 35.5. The first-order chi connectivity index (χ1) is 9.60. The lowest BCUT2D eigenvalue weighted by atomic mass is 9.95. The second-order valence-corrected chi connectivity index (χ2v) is 5.64. The van der Waals surface area contributed by atoms with Gasteiger partial charge in [0.05, 0.1) is 12.0 Å². The standard InChI is InChI=1S/C15H15ClN2O2/c1-10-7-13(18-20-10)9-17-14(19)15(5-6-15)11-3-2-4-12(16)8-11/h2-4,7-8H,5-6,9H2,1H3,(H,17,19). The molecule has 1 amide bonds. The van der Waals surface area contributed by atoms with Gasteiger partial charge < -0.3 is 9.84 Å². The number of halogens is 1. The molecule has 5 heteroatoms. The molecule has 1 fully saturated rings. The van der Waals surface area contributed by atoms with E-state index < -0.39 is 5.41 Å². The maximum absolute atomic E-state index is 12.4. The Bertz CT molecular complexity index is 647. The van der Waals surface area contributed by atoms with Gasteiger partial charge in [-0.1, -0.05) is 28.9 Å². The van der Waals surface area contributed by atoms with Gasteiger partial charge in [-0.2, -0.15) is 0 Å². The summed E-state index contributed by atoms with van der Waals surface area (Å²) < 4.78 is 4.98. The molecule has 20 heavy (non-hydrogen) atoms. The summed E-state index contributed by atoms with van der Waals surface area (Å²) in [5, 5.41) is 7.46. The lowest BCUT2D eigenvalue weighted by Gasteiger charge is -2.15. The molecule has 0 spiro atoms. The summed E-state index contributed by atoms with van der Waals surface area (Å²) in [6.07, 6.45) is 1.72. The number of aromatic nitrogens is 1. The van der Waals surface area contributed by atoms with Crippen molar-refractivity contribution in [3.63, 3.8) is 0 Å². The molecule has 0 unspecified atom stereocenters. The summed E-state index contributed by atoms with van der Waals surface area (Å²) >= 11 is 6.00. The molecule has 0 radical (unpaired) electrons. The molecule has 0 bridgehead atoms. The number of carbonyl (C=O) groups excluding carboxylic acids is 1. The predicted octanol–water partition coefficient (Wildman–Crippen LogP) is 2.98. The van der Waals surface area contributed by atoms with Crippen molar-refractivity contribution >= 4 is 17.5 Å². The van der Waals surface area contributed by atoms with Gasteiger partial charge in [0.25, 0.3) is 0 Å². The summed E-state index contributed by atoms with van der Waals surface area (Å²) in [5.74, 6) is 0.769. The van der Waals surface area contributed by atoms with Crippen LogP contribution in [0.4, 0.5) is 0 Å². The first-order valence-corrected chi connectivity index (χ1v) is 6.94. The van der Waals surface area contributed by atoms with Gasteiger partial charge in [-0.25, -0.2) is 0 Å². The van der Waals surface area contributed by atoms with E-state index in [1.54, 1.807) is 0 Å². The quantitative estimate of drug-likeness (QED) is 0.942. The van der Waals surface area contributed by atoms with E-state index in [-0.39, 0.29) is 5.91 Å². The van der Waals surface area contributed by atoms with Crippen LogP contribution in [-0.4, -0.2) is 11.1 Å². The van der Waals surface area contributed by atoms with Crippen LogP contribution in [0.3, 0.4) is 0 Å². The third-order valence-electron chi connectivity index (χ3n) is 3.67. The van der Waals surface area contributed by atoms with Gasteiger partial charge in [0.1, 0.15) is 11.5 Å². The minimum absolute atomic E-state index is 0.0282. The number of nitrogens with one attached hydrogen (secondary N) is 1. The highest BCUT2D eigenvalue weighted by molar-refractivity contribution is 6.30. The highest BCUT2D eigenvalue weighted by Crippen LogP contribution is 2.48. The molecule has 0 aliphatic heterocycles. The molecule has 1 aliphatic rings. The maximum Gasteiger partial charge on any atom is 0.230 e. The monoisotopic (exact) mass is 290 g/mol. The molecule has 1 aliphatic carbocycles. The van der Waals surface area contributed by atoms with E-state index in [9.17, 15) is 4.79 Å². The van der Waals surface area contributed by atoms with Gasteiger partial charge in [0.2, 0.25) is 5.91 Å². The van der Waals surface area contributed by atoms with E-state index in [0.29, 0.717) is 11.6 Å². The third-order valence-corrected chi connectivity index (χ3v) is 3.90. The van der Waals surface area contributed by atoms with Gasteiger partial charge in [0, 0.05) is 11.1 Å². The van der Waals surface area contributed by atoms with Crippen molar-refractivity contribution in [2.24, 2.45) is 0 Å². The molecule has 1 heterocycles. The van der Waals surface area contributed by atoms with Crippen molar-refractivity contribution in [1.82, 2.24) is 10.5 Å². The Morgan fingerprint density at radius 2 is 2.25 bits per heavy atom. The van der Waals surface area contributed by atoms with Crippen molar-refractivity contribution in [1.29, 1.82) is 0 Å². The molecule has 2 aromatic rings. The number of amides is 1. The molecule has 1 aromatic carbocycles. The van der Waals surface area contributed by atoms with Crippen molar-refractivity contribution < 1.29 is 9.32 Å². The third kappa shape index (κ3) is 2.43. The first-order valence-electron chi connectivity index (χ1n) is 6.57. The van der Waals surface area contributed by atoms with Crippen LogP contribution in [0.1, 0.15) is 29.9 Å². The summed E-state index contributed by atoms with van der Waals surface area (Å²) in [4.78, 5) is 12.4. The van der Waals surface area contributed by atoms with Gasteiger partial charge >= 0.3 is 0 Å². The Kier molecular flexibility index (Phi) is 3.26. The van der Waals surface area contributed by atoms with Crippen LogP contribution in [0.15, 0.2) is 34.9 Å². The number of nitrogens with zero attached hydrogens (tertiary/aromatic N) is 1. The van der Waals surface area contributed by atoms with E-state index in [1.807, 2.05) is 37.3 Å². The van der Waals surface area contributed by atoms with E-state index in [4.69, 9.17) is 16.1 Å². The van der Waals surface area contributed by atoms with Crippen molar-refractivity contribution in [2.45, 2.75) is 31.7 Å². The molecule has 104 valence electrons. The van der Waals surface area contributed by atoms with Crippen molar-refractivity contribution in [3.8, 4) is 0 Å². The summed E-state index contributed by atoms with van der Waals surface area (Å²) in [6.45, 7) is 2.21. The van der Waals surface area contributed by atoms with Crippen LogP contribution in [-0.2, 0) is 16.8 Å². The Balaban J connectivity index is 1.70. The molecule has 0 atom stereocenters. The van der Waals surface area contributed by atoms with Gasteiger partial charge in [-0.15, -0.1) is 0 Å². The first kappa shape index (κ1) is 13.2. The van der Waals surface area contributed by atoms with E-state index in [1.165, 1.54) is 0 Å². The molecule has 0 saturated heterocycles. The second kappa shape index (κ2) is 4.94. The second-order valence-electron chi connectivity index (χ2n) is 5.20. The van der Waals surface area contributed by atoms with E-state index >= 15 is 0 Å². The molecule has 1 saturated carbocycles.